The summed E-state index contributed by atoms with van der Waals surface area (Å²) in [4.78, 5) is 27.7. The molecule has 0 unspecified atom stereocenters. The van der Waals surface area contributed by atoms with Gasteiger partial charge in [-0.15, -0.1) is 0 Å². The van der Waals surface area contributed by atoms with Gasteiger partial charge in [-0.2, -0.15) is 0 Å². The molecule has 6 nitrogen and oxygen atoms in total. The molecule has 3 heterocycles. The van der Waals surface area contributed by atoms with Crippen LogP contribution in [-0.4, -0.2) is 44.9 Å². The summed E-state index contributed by atoms with van der Waals surface area (Å²) in [6.07, 6.45) is 8.53. The van der Waals surface area contributed by atoms with E-state index in [0.29, 0.717) is 16.8 Å². The maximum absolute atomic E-state index is 13.5. The van der Waals surface area contributed by atoms with Crippen molar-refractivity contribution >= 4 is 5.91 Å². The summed E-state index contributed by atoms with van der Waals surface area (Å²) < 4.78 is 13.5. The van der Waals surface area contributed by atoms with E-state index in [2.05, 4.69) is 49.4 Å². The Balaban J connectivity index is 1.13. The van der Waals surface area contributed by atoms with E-state index in [0.717, 1.165) is 43.6 Å². The Bertz CT molecular complexity index is 1290. The lowest BCUT2D eigenvalue weighted by atomic mass is 10.0. The molecule has 35 heavy (non-hydrogen) atoms. The molecule has 2 aromatic heterocycles. The fourth-order valence-electron chi connectivity index (χ4n) is 4.41. The topological polar surface area (TPSA) is 71.0 Å². The van der Waals surface area contributed by atoms with Gasteiger partial charge in [-0.25, -0.2) is 14.4 Å². The molecule has 2 aromatic carbocycles. The van der Waals surface area contributed by atoms with Gasteiger partial charge >= 0.3 is 0 Å². The Morgan fingerprint density at radius 3 is 2.43 bits per heavy atom. The highest BCUT2D eigenvalue weighted by Crippen LogP contribution is 2.21. The SMILES string of the molecule is O=C(NC1CCN(Cc2cccc(-c3cncnc3)c2)CC1)c1ccc(-c2cccc(F)c2)nc1. The summed E-state index contributed by atoms with van der Waals surface area (Å²) in [6.45, 7) is 2.70. The fourth-order valence-corrected chi connectivity index (χ4v) is 4.41. The number of nitrogens with one attached hydrogen (secondary N) is 1. The number of nitrogens with zero attached hydrogens (tertiary/aromatic N) is 4. The van der Waals surface area contributed by atoms with Crippen LogP contribution in [0.4, 0.5) is 4.39 Å². The zero-order chi connectivity index (χ0) is 24.0. The zero-order valence-electron chi connectivity index (χ0n) is 19.3. The number of carbonyl (C=O) groups is 1. The monoisotopic (exact) mass is 467 g/mol. The van der Waals surface area contributed by atoms with Crippen LogP contribution in [0.1, 0.15) is 28.8 Å². The number of hydrogen-bond acceptors (Lipinski definition) is 5. The number of halogens is 1. The van der Waals surface area contributed by atoms with E-state index >= 15 is 0 Å². The first-order valence-electron chi connectivity index (χ1n) is 11.7. The number of likely N-dealkylation sites (tertiary alicyclic amines) is 1. The lowest BCUT2D eigenvalue weighted by Crippen LogP contribution is -2.44. The third-order valence-corrected chi connectivity index (χ3v) is 6.30. The van der Waals surface area contributed by atoms with Crippen molar-refractivity contribution in [2.45, 2.75) is 25.4 Å². The minimum absolute atomic E-state index is 0.125. The molecule has 0 saturated carbocycles. The average molecular weight is 468 g/mol. The van der Waals surface area contributed by atoms with Gasteiger partial charge in [0.25, 0.3) is 5.91 Å². The van der Waals surface area contributed by atoms with Gasteiger partial charge in [0.05, 0.1) is 11.3 Å². The largest absolute Gasteiger partial charge is 0.349 e. The molecule has 0 atom stereocenters. The van der Waals surface area contributed by atoms with Crippen molar-refractivity contribution in [2.75, 3.05) is 13.1 Å². The van der Waals surface area contributed by atoms with Crippen LogP contribution in [0.3, 0.4) is 0 Å². The van der Waals surface area contributed by atoms with E-state index in [9.17, 15) is 9.18 Å². The van der Waals surface area contributed by atoms with Crippen molar-refractivity contribution < 1.29 is 9.18 Å². The zero-order valence-corrected chi connectivity index (χ0v) is 19.3. The summed E-state index contributed by atoms with van der Waals surface area (Å²) in [5, 5.41) is 3.14. The van der Waals surface area contributed by atoms with Crippen molar-refractivity contribution in [1.82, 2.24) is 25.2 Å². The van der Waals surface area contributed by atoms with E-state index in [1.165, 1.54) is 24.0 Å². The van der Waals surface area contributed by atoms with Crippen LogP contribution in [-0.2, 0) is 6.54 Å². The molecule has 0 spiro atoms. The molecule has 1 amide bonds. The number of aromatic nitrogens is 3. The standard InChI is InChI=1S/C28H26FN5O/c29-25-6-2-5-22(14-25)27-8-7-23(17-32-27)28(35)33-26-9-11-34(12-10-26)18-20-3-1-4-21(13-20)24-15-30-19-31-16-24/h1-8,13-17,19,26H,9-12,18H2,(H,33,35). The van der Waals surface area contributed by atoms with Gasteiger partial charge in [0, 0.05) is 55.4 Å². The molecular formula is C28H26FN5O. The Morgan fingerprint density at radius 2 is 1.69 bits per heavy atom. The summed E-state index contributed by atoms with van der Waals surface area (Å²) in [6, 6.07) is 18.4. The van der Waals surface area contributed by atoms with E-state index in [1.807, 2.05) is 12.4 Å². The predicted octanol–water partition coefficient (Wildman–Crippen LogP) is 4.74. The smallest absolute Gasteiger partial charge is 0.253 e. The molecule has 1 saturated heterocycles. The number of benzene rings is 2. The highest BCUT2D eigenvalue weighted by molar-refractivity contribution is 5.94. The van der Waals surface area contributed by atoms with Gasteiger partial charge < -0.3 is 5.32 Å². The van der Waals surface area contributed by atoms with E-state index in [4.69, 9.17) is 0 Å². The van der Waals surface area contributed by atoms with Gasteiger partial charge in [0.1, 0.15) is 12.1 Å². The van der Waals surface area contributed by atoms with Gasteiger partial charge in [-0.1, -0.05) is 30.3 Å². The molecule has 1 fully saturated rings. The van der Waals surface area contributed by atoms with E-state index in [-0.39, 0.29) is 17.8 Å². The highest BCUT2D eigenvalue weighted by atomic mass is 19.1. The van der Waals surface area contributed by atoms with Gasteiger partial charge in [0.15, 0.2) is 0 Å². The molecule has 0 bridgehead atoms. The third kappa shape index (κ3) is 5.75. The first-order valence-corrected chi connectivity index (χ1v) is 11.7. The van der Waals surface area contributed by atoms with E-state index in [1.54, 1.807) is 30.5 Å². The second-order valence-electron chi connectivity index (χ2n) is 8.79. The van der Waals surface area contributed by atoms with Crippen LogP contribution >= 0.6 is 0 Å². The summed E-state index contributed by atoms with van der Waals surface area (Å²) in [7, 11) is 0. The number of rotatable bonds is 6. The van der Waals surface area contributed by atoms with Crippen LogP contribution in [0, 0.1) is 5.82 Å². The number of hydrogen-bond donors (Lipinski definition) is 1. The Morgan fingerprint density at radius 1 is 0.914 bits per heavy atom. The predicted molar refractivity (Wildman–Crippen MR) is 133 cm³/mol. The minimum atomic E-state index is -0.309. The number of amides is 1. The molecule has 176 valence electrons. The second kappa shape index (κ2) is 10.5. The molecule has 5 rings (SSSR count). The Kier molecular flexibility index (Phi) is 6.86. The fraction of sp³-hybridized carbons (Fsp3) is 0.214. The first kappa shape index (κ1) is 22.8. The first-order chi connectivity index (χ1) is 17.1. The summed E-state index contributed by atoms with van der Waals surface area (Å²) >= 11 is 0. The lowest BCUT2D eigenvalue weighted by Gasteiger charge is -2.32. The van der Waals surface area contributed by atoms with Crippen molar-refractivity contribution in [3.8, 4) is 22.4 Å². The molecule has 0 radical (unpaired) electrons. The quantitative estimate of drug-likeness (QED) is 0.444. The Hall–Kier alpha value is -3.97. The van der Waals surface area contributed by atoms with Crippen LogP contribution in [0.25, 0.3) is 22.4 Å². The number of carbonyl (C=O) groups excluding carboxylic acids is 1. The number of pyridine rings is 1. The molecule has 7 heteroatoms. The normalized spacial score (nSPS) is 14.5. The molecule has 1 N–H and O–H groups in total. The molecule has 4 aromatic rings. The molecule has 1 aliphatic rings. The van der Waals surface area contributed by atoms with Gasteiger partial charge in [0.2, 0.25) is 0 Å². The maximum Gasteiger partial charge on any atom is 0.253 e. The lowest BCUT2D eigenvalue weighted by molar-refractivity contribution is 0.0908. The van der Waals surface area contributed by atoms with Crippen LogP contribution in [0.5, 0.6) is 0 Å². The van der Waals surface area contributed by atoms with Gasteiger partial charge in [-0.05, 0) is 54.3 Å². The molecule has 0 aliphatic carbocycles. The maximum atomic E-state index is 13.5. The Labute approximate surface area is 203 Å². The molecule has 1 aliphatic heterocycles. The van der Waals surface area contributed by atoms with Gasteiger partial charge in [-0.3, -0.25) is 14.7 Å². The average Bonchev–Trinajstić information content (AvgIpc) is 2.90. The van der Waals surface area contributed by atoms with Crippen molar-refractivity contribution in [3.63, 3.8) is 0 Å². The third-order valence-electron chi connectivity index (χ3n) is 6.30. The van der Waals surface area contributed by atoms with Crippen molar-refractivity contribution in [3.05, 3.63) is 103 Å². The molecular weight excluding hydrogens is 441 g/mol. The summed E-state index contributed by atoms with van der Waals surface area (Å²) in [5.74, 6) is -0.435. The highest BCUT2D eigenvalue weighted by Gasteiger charge is 2.21. The van der Waals surface area contributed by atoms with Crippen LogP contribution < -0.4 is 5.32 Å². The van der Waals surface area contributed by atoms with Crippen LogP contribution in [0.2, 0.25) is 0 Å². The van der Waals surface area contributed by atoms with Crippen molar-refractivity contribution in [1.29, 1.82) is 0 Å². The van der Waals surface area contributed by atoms with Crippen LogP contribution in [0.15, 0.2) is 85.6 Å². The second-order valence-corrected chi connectivity index (χ2v) is 8.79. The summed E-state index contributed by atoms with van der Waals surface area (Å²) in [5.41, 5.74) is 5.20. The van der Waals surface area contributed by atoms with E-state index < -0.39 is 0 Å². The number of piperidine rings is 1. The minimum Gasteiger partial charge on any atom is -0.349 e. The van der Waals surface area contributed by atoms with Crippen molar-refractivity contribution in [2.24, 2.45) is 0 Å².